The van der Waals surface area contributed by atoms with Gasteiger partial charge in [-0.05, 0) is 47.4 Å². The van der Waals surface area contributed by atoms with Gasteiger partial charge in [0.2, 0.25) is 0 Å². The van der Waals surface area contributed by atoms with Crippen LogP contribution in [0.25, 0.3) is 11.1 Å². The monoisotopic (exact) mass is 485 g/mol. The molecule has 6 nitrogen and oxygen atoms in total. The van der Waals surface area contributed by atoms with Crippen LogP contribution in [0.3, 0.4) is 0 Å². The highest BCUT2D eigenvalue weighted by atomic mass is 35.5. The fourth-order valence-corrected chi connectivity index (χ4v) is 3.34. The second kappa shape index (κ2) is 14.3. The molecule has 0 aliphatic rings. The Kier molecular flexibility index (Phi) is 11.4. The molecule has 3 N–H and O–H groups in total. The molecule has 0 fully saturated rings. The number of hydrogen-bond acceptors (Lipinski definition) is 5. The number of aliphatic hydroxyl groups is 1. The van der Waals surface area contributed by atoms with Crippen molar-refractivity contribution in [2.75, 3.05) is 26.3 Å². The van der Waals surface area contributed by atoms with Gasteiger partial charge in [0.25, 0.3) is 0 Å². The number of carboxylic acid groups (broad SMARTS) is 1. The molecular formula is C27H32ClNO5. The summed E-state index contributed by atoms with van der Waals surface area (Å²) in [6, 6.07) is 22.3. The SMILES string of the molecule is CCCCOc1cc(-c2ccc(OCCNC[C@H](O)c3ccccc3)cc2)ccc1C(=O)O.Cl. The minimum atomic E-state index is -0.998. The molecule has 1 atom stereocenters. The third kappa shape index (κ3) is 8.06. The van der Waals surface area contributed by atoms with Crippen LogP contribution >= 0.6 is 12.4 Å². The van der Waals surface area contributed by atoms with Crippen molar-refractivity contribution >= 4 is 18.4 Å². The second-order valence-electron chi connectivity index (χ2n) is 7.72. The van der Waals surface area contributed by atoms with Crippen molar-refractivity contribution < 1.29 is 24.5 Å². The predicted octanol–water partition coefficient (Wildman–Crippen LogP) is 5.35. The molecule has 0 aromatic heterocycles. The fourth-order valence-electron chi connectivity index (χ4n) is 3.34. The van der Waals surface area contributed by atoms with Crippen LogP contribution in [0.2, 0.25) is 0 Å². The number of hydrogen-bond donors (Lipinski definition) is 3. The van der Waals surface area contributed by atoms with Crippen LogP contribution in [0, 0.1) is 0 Å². The van der Waals surface area contributed by atoms with Gasteiger partial charge in [0, 0.05) is 13.1 Å². The van der Waals surface area contributed by atoms with E-state index >= 15 is 0 Å². The summed E-state index contributed by atoms with van der Waals surface area (Å²) in [5, 5.41) is 22.8. The number of aliphatic hydroxyl groups excluding tert-OH is 1. The van der Waals surface area contributed by atoms with Crippen molar-refractivity contribution in [2.45, 2.75) is 25.9 Å². The molecular weight excluding hydrogens is 454 g/mol. The van der Waals surface area contributed by atoms with E-state index < -0.39 is 12.1 Å². The molecule has 0 amide bonds. The maximum absolute atomic E-state index is 11.5. The van der Waals surface area contributed by atoms with E-state index in [1.165, 1.54) is 0 Å². The van der Waals surface area contributed by atoms with Crippen LogP contribution < -0.4 is 14.8 Å². The maximum Gasteiger partial charge on any atom is 0.339 e. The van der Waals surface area contributed by atoms with Gasteiger partial charge < -0.3 is 25.0 Å². The first kappa shape index (κ1) is 27.2. The summed E-state index contributed by atoms with van der Waals surface area (Å²) < 4.78 is 11.5. The van der Waals surface area contributed by atoms with E-state index in [4.69, 9.17) is 9.47 Å². The molecule has 0 heterocycles. The molecule has 7 heteroatoms. The second-order valence-corrected chi connectivity index (χ2v) is 7.72. The lowest BCUT2D eigenvalue weighted by Gasteiger charge is -2.13. The molecule has 0 saturated heterocycles. The number of rotatable bonds is 13. The third-order valence-corrected chi connectivity index (χ3v) is 5.22. The normalized spacial score (nSPS) is 11.4. The zero-order chi connectivity index (χ0) is 23.5. The maximum atomic E-state index is 11.5. The van der Waals surface area contributed by atoms with Gasteiger partial charge in [0.15, 0.2) is 0 Å². The Morgan fingerprint density at radius 2 is 1.65 bits per heavy atom. The molecule has 3 aromatic rings. The molecule has 34 heavy (non-hydrogen) atoms. The van der Waals surface area contributed by atoms with E-state index in [1.54, 1.807) is 18.2 Å². The lowest BCUT2D eigenvalue weighted by atomic mass is 10.0. The zero-order valence-corrected chi connectivity index (χ0v) is 20.1. The third-order valence-electron chi connectivity index (χ3n) is 5.22. The summed E-state index contributed by atoms with van der Waals surface area (Å²) in [7, 11) is 0. The minimum absolute atomic E-state index is 0. The topological polar surface area (TPSA) is 88.0 Å². The molecule has 0 radical (unpaired) electrons. The molecule has 0 bridgehead atoms. The van der Waals surface area contributed by atoms with Gasteiger partial charge in [-0.15, -0.1) is 12.4 Å². The van der Waals surface area contributed by atoms with E-state index in [2.05, 4.69) is 12.2 Å². The van der Waals surface area contributed by atoms with Crippen LogP contribution in [0.1, 0.15) is 41.8 Å². The van der Waals surface area contributed by atoms with Crippen molar-refractivity contribution in [2.24, 2.45) is 0 Å². The van der Waals surface area contributed by atoms with E-state index in [1.807, 2.05) is 54.6 Å². The Hall–Kier alpha value is -3.06. The van der Waals surface area contributed by atoms with Gasteiger partial charge in [-0.1, -0.05) is 61.9 Å². The number of nitrogens with one attached hydrogen (secondary N) is 1. The van der Waals surface area contributed by atoms with E-state index in [0.717, 1.165) is 35.3 Å². The summed E-state index contributed by atoms with van der Waals surface area (Å²) in [6.07, 6.45) is 1.30. The lowest BCUT2D eigenvalue weighted by molar-refractivity contribution is 0.0692. The number of carboxylic acids is 1. The van der Waals surface area contributed by atoms with Crippen molar-refractivity contribution in [3.63, 3.8) is 0 Å². The summed E-state index contributed by atoms with van der Waals surface area (Å²) >= 11 is 0. The van der Waals surface area contributed by atoms with Crippen molar-refractivity contribution in [3.05, 3.63) is 83.9 Å². The number of halogens is 1. The summed E-state index contributed by atoms with van der Waals surface area (Å²) in [5.41, 5.74) is 2.88. The molecule has 0 spiro atoms. The first-order valence-electron chi connectivity index (χ1n) is 11.3. The predicted molar refractivity (Wildman–Crippen MR) is 136 cm³/mol. The standard InChI is InChI=1S/C27H31NO5.ClH/c1-2-3-16-33-26-18-22(11-14-24(26)27(30)31)20-9-12-23(13-10-20)32-17-15-28-19-25(29)21-7-5-4-6-8-21;/h4-14,18,25,28-29H,2-3,15-17,19H2,1H3,(H,30,31);1H/t25-;/m0./s1. The molecule has 0 unspecified atom stereocenters. The van der Waals surface area contributed by atoms with Gasteiger partial charge in [0.05, 0.1) is 12.7 Å². The molecule has 0 saturated carbocycles. The minimum Gasteiger partial charge on any atom is -0.493 e. The van der Waals surface area contributed by atoms with Crippen molar-refractivity contribution in [1.82, 2.24) is 5.32 Å². The van der Waals surface area contributed by atoms with Crippen molar-refractivity contribution in [1.29, 1.82) is 0 Å². The average molecular weight is 486 g/mol. The Bertz CT molecular complexity index is 1010. The highest BCUT2D eigenvalue weighted by Crippen LogP contribution is 2.29. The molecule has 182 valence electrons. The summed E-state index contributed by atoms with van der Waals surface area (Å²) in [6.45, 7) is 4.10. The van der Waals surface area contributed by atoms with Crippen LogP contribution in [0.4, 0.5) is 0 Å². The highest BCUT2D eigenvalue weighted by Gasteiger charge is 2.13. The van der Waals surface area contributed by atoms with Gasteiger partial charge in [0.1, 0.15) is 23.7 Å². The van der Waals surface area contributed by atoms with E-state index in [-0.39, 0.29) is 18.0 Å². The fraction of sp³-hybridized carbons (Fsp3) is 0.296. The summed E-state index contributed by atoms with van der Waals surface area (Å²) in [5.74, 6) is 0.130. The first-order chi connectivity index (χ1) is 16.1. The molecule has 3 rings (SSSR count). The Morgan fingerprint density at radius 3 is 2.32 bits per heavy atom. The van der Waals surface area contributed by atoms with Crippen molar-refractivity contribution in [3.8, 4) is 22.6 Å². The summed E-state index contributed by atoms with van der Waals surface area (Å²) in [4.78, 5) is 11.5. The highest BCUT2D eigenvalue weighted by molar-refractivity contribution is 5.92. The Balaban J connectivity index is 0.00000408. The quantitative estimate of drug-likeness (QED) is 0.283. The van der Waals surface area contributed by atoms with Crippen LogP contribution in [0.5, 0.6) is 11.5 Å². The number of benzene rings is 3. The average Bonchev–Trinajstić information content (AvgIpc) is 2.84. The number of unbranched alkanes of at least 4 members (excludes halogenated alkanes) is 1. The molecule has 0 aliphatic carbocycles. The van der Waals surface area contributed by atoms with E-state index in [0.29, 0.717) is 32.1 Å². The van der Waals surface area contributed by atoms with Crippen LogP contribution in [-0.2, 0) is 0 Å². The van der Waals surface area contributed by atoms with Gasteiger partial charge in [-0.25, -0.2) is 4.79 Å². The largest absolute Gasteiger partial charge is 0.493 e. The van der Waals surface area contributed by atoms with Gasteiger partial charge >= 0.3 is 5.97 Å². The first-order valence-corrected chi connectivity index (χ1v) is 11.3. The number of aromatic carboxylic acids is 1. The van der Waals surface area contributed by atoms with Gasteiger partial charge in [-0.2, -0.15) is 0 Å². The van der Waals surface area contributed by atoms with Gasteiger partial charge in [-0.3, -0.25) is 0 Å². The molecule has 0 aliphatic heterocycles. The number of ether oxygens (including phenoxy) is 2. The van der Waals surface area contributed by atoms with E-state index in [9.17, 15) is 15.0 Å². The number of carbonyl (C=O) groups is 1. The smallest absolute Gasteiger partial charge is 0.339 e. The van der Waals surface area contributed by atoms with Crippen LogP contribution in [0.15, 0.2) is 72.8 Å². The lowest BCUT2D eigenvalue weighted by Crippen LogP contribution is -2.26. The van der Waals surface area contributed by atoms with Crippen LogP contribution in [-0.4, -0.2) is 42.5 Å². The molecule has 3 aromatic carbocycles. The zero-order valence-electron chi connectivity index (χ0n) is 19.3. The Morgan fingerprint density at radius 1 is 0.941 bits per heavy atom. The Labute approximate surface area is 207 Å².